The van der Waals surface area contributed by atoms with Crippen LogP contribution in [0.3, 0.4) is 0 Å². The highest BCUT2D eigenvalue weighted by atomic mass is 16.5. The maximum Gasteiger partial charge on any atom is 0.122 e. The van der Waals surface area contributed by atoms with Gasteiger partial charge in [0.25, 0.3) is 0 Å². The molecule has 1 saturated carbocycles. The lowest BCUT2D eigenvalue weighted by molar-refractivity contribution is 0.173. The first-order valence-corrected chi connectivity index (χ1v) is 7.47. The van der Waals surface area contributed by atoms with Gasteiger partial charge in [-0.2, -0.15) is 0 Å². The molecule has 1 atom stereocenters. The monoisotopic (exact) mass is 262 g/mol. The largest absolute Gasteiger partial charge is 0.496 e. The Morgan fingerprint density at radius 3 is 2.53 bits per heavy atom. The minimum absolute atomic E-state index is 0.201. The molecule has 1 N–H and O–H groups in total. The van der Waals surface area contributed by atoms with Gasteiger partial charge in [-0.1, -0.05) is 39.2 Å². The Balaban J connectivity index is 2.40. The molecule has 1 fully saturated rings. The van der Waals surface area contributed by atoms with Crippen molar-refractivity contribution < 1.29 is 9.84 Å². The molecule has 1 aliphatic rings. The van der Waals surface area contributed by atoms with Crippen LogP contribution in [-0.2, 0) is 5.41 Å². The van der Waals surface area contributed by atoms with E-state index in [1.807, 2.05) is 19.1 Å². The first-order chi connectivity index (χ1) is 9.10. The number of rotatable bonds is 4. The predicted molar refractivity (Wildman–Crippen MR) is 78.7 cm³/mol. The average molecular weight is 262 g/mol. The molecular weight excluding hydrogens is 236 g/mol. The second-order valence-corrected chi connectivity index (χ2v) is 6.01. The predicted octanol–water partition coefficient (Wildman–Crippen LogP) is 4.36. The molecule has 1 aliphatic carbocycles. The van der Waals surface area contributed by atoms with E-state index in [1.165, 1.54) is 37.7 Å². The van der Waals surface area contributed by atoms with Gasteiger partial charge in [0.05, 0.1) is 13.2 Å². The fourth-order valence-corrected chi connectivity index (χ4v) is 3.24. The zero-order chi connectivity index (χ0) is 13.9. The summed E-state index contributed by atoms with van der Waals surface area (Å²) in [4.78, 5) is 0. The van der Waals surface area contributed by atoms with Crippen molar-refractivity contribution in [2.75, 3.05) is 7.11 Å². The molecule has 0 spiro atoms. The van der Waals surface area contributed by atoms with Gasteiger partial charge in [0.15, 0.2) is 0 Å². The third-order valence-electron chi connectivity index (χ3n) is 4.60. The van der Waals surface area contributed by atoms with Crippen molar-refractivity contribution in [1.82, 2.24) is 0 Å². The first kappa shape index (κ1) is 14.4. The quantitative estimate of drug-likeness (QED) is 0.873. The normalized spacial score (nSPS) is 20.0. The van der Waals surface area contributed by atoms with Crippen LogP contribution in [0, 0.1) is 0 Å². The molecule has 19 heavy (non-hydrogen) atoms. The number of ether oxygens (including phenoxy) is 1. The molecule has 2 nitrogen and oxygen atoms in total. The summed E-state index contributed by atoms with van der Waals surface area (Å²) >= 11 is 0. The van der Waals surface area contributed by atoms with Crippen LogP contribution in [0.5, 0.6) is 5.75 Å². The van der Waals surface area contributed by atoms with E-state index in [9.17, 15) is 5.11 Å². The summed E-state index contributed by atoms with van der Waals surface area (Å²) in [6.45, 7) is 4.35. The maximum atomic E-state index is 10.1. The summed E-state index contributed by atoms with van der Waals surface area (Å²) in [5.74, 6) is 0.969. The third-order valence-corrected chi connectivity index (χ3v) is 4.60. The maximum absolute atomic E-state index is 10.1. The standard InChI is InChI=1S/C17H26O2/c1-4-15(18)13-8-9-16(19-3)14(12-13)17(2)10-6-5-7-11-17/h8-9,12,15,18H,4-7,10-11H2,1-3H3. The van der Waals surface area contributed by atoms with Crippen molar-refractivity contribution in [3.63, 3.8) is 0 Å². The van der Waals surface area contributed by atoms with Gasteiger partial charge < -0.3 is 9.84 Å². The van der Waals surface area contributed by atoms with Crippen LogP contribution in [0.25, 0.3) is 0 Å². The lowest BCUT2D eigenvalue weighted by Gasteiger charge is -2.35. The van der Waals surface area contributed by atoms with E-state index >= 15 is 0 Å². The second-order valence-electron chi connectivity index (χ2n) is 6.01. The Labute approximate surface area is 116 Å². The Morgan fingerprint density at radius 2 is 1.95 bits per heavy atom. The van der Waals surface area contributed by atoms with Gasteiger partial charge in [-0.3, -0.25) is 0 Å². The van der Waals surface area contributed by atoms with Gasteiger partial charge >= 0.3 is 0 Å². The third kappa shape index (κ3) is 2.94. The molecule has 0 saturated heterocycles. The van der Waals surface area contributed by atoms with E-state index in [0.717, 1.165) is 17.7 Å². The Morgan fingerprint density at radius 1 is 1.26 bits per heavy atom. The van der Waals surface area contributed by atoms with Gasteiger partial charge in [-0.15, -0.1) is 0 Å². The number of benzene rings is 1. The molecule has 1 aromatic rings. The molecule has 0 bridgehead atoms. The average Bonchev–Trinajstić information content (AvgIpc) is 2.46. The van der Waals surface area contributed by atoms with Gasteiger partial charge in [0.1, 0.15) is 5.75 Å². The van der Waals surface area contributed by atoms with Crippen molar-refractivity contribution in [1.29, 1.82) is 0 Å². The second kappa shape index (κ2) is 5.96. The number of hydrogen-bond acceptors (Lipinski definition) is 2. The van der Waals surface area contributed by atoms with E-state index in [0.29, 0.717) is 0 Å². The Bertz CT molecular complexity index is 419. The summed E-state index contributed by atoms with van der Waals surface area (Å²) in [6, 6.07) is 6.17. The molecule has 2 rings (SSSR count). The minimum atomic E-state index is -0.364. The van der Waals surface area contributed by atoms with Gasteiger partial charge in [-0.05, 0) is 42.4 Å². The van der Waals surface area contributed by atoms with E-state index in [-0.39, 0.29) is 11.5 Å². The molecule has 0 aliphatic heterocycles. The van der Waals surface area contributed by atoms with Crippen LogP contribution in [0.1, 0.15) is 69.6 Å². The first-order valence-electron chi connectivity index (χ1n) is 7.47. The number of hydrogen-bond donors (Lipinski definition) is 1. The summed E-state index contributed by atoms with van der Waals surface area (Å²) in [7, 11) is 1.74. The highest BCUT2D eigenvalue weighted by Gasteiger charge is 2.31. The number of aliphatic hydroxyl groups excluding tert-OH is 1. The van der Waals surface area contributed by atoms with Gasteiger partial charge in [0.2, 0.25) is 0 Å². The van der Waals surface area contributed by atoms with Gasteiger partial charge in [0, 0.05) is 5.56 Å². The smallest absolute Gasteiger partial charge is 0.122 e. The van der Waals surface area contributed by atoms with Crippen molar-refractivity contribution in [3.8, 4) is 5.75 Å². The van der Waals surface area contributed by atoms with Crippen LogP contribution in [-0.4, -0.2) is 12.2 Å². The molecule has 1 unspecified atom stereocenters. The molecule has 1 aromatic carbocycles. The van der Waals surface area contributed by atoms with Crippen LogP contribution in [0.15, 0.2) is 18.2 Å². The molecule has 0 amide bonds. The summed E-state index contributed by atoms with van der Waals surface area (Å²) in [5, 5.41) is 10.1. The van der Waals surface area contributed by atoms with Crippen LogP contribution < -0.4 is 4.74 Å². The Hall–Kier alpha value is -1.02. The van der Waals surface area contributed by atoms with Gasteiger partial charge in [-0.25, -0.2) is 0 Å². The zero-order valence-electron chi connectivity index (χ0n) is 12.4. The Kier molecular flexibility index (Phi) is 4.51. The fraction of sp³-hybridized carbons (Fsp3) is 0.647. The van der Waals surface area contributed by atoms with E-state index in [4.69, 9.17) is 4.74 Å². The molecule has 106 valence electrons. The molecule has 0 radical (unpaired) electrons. The van der Waals surface area contributed by atoms with E-state index in [2.05, 4.69) is 13.0 Å². The molecule has 0 heterocycles. The lowest BCUT2D eigenvalue weighted by atomic mass is 9.70. The highest BCUT2D eigenvalue weighted by molar-refractivity contribution is 5.43. The topological polar surface area (TPSA) is 29.5 Å². The zero-order valence-corrected chi connectivity index (χ0v) is 12.4. The summed E-state index contributed by atoms with van der Waals surface area (Å²) in [5.41, 5.74) is 2.50. The number of aliphatic hydroxyl groups is 1. The van der Waals surface area contributed by atoms with Crippen LogP contribution >= 0.6 is 0 Å². The molecule has 0 aromatic heterocycles. The van der Waals surface area contributed by atoms with Crippen LogP contribution in [0.2, 0.25) is 0 Å². The highest BCUT2D eigenvalue weighted by Crippen LogP contribution is 2.43. The van der Waals surface area contributed by atoms with E-state index in [1.54, 1.807) is 7.11 Å². The lowest BCUT2D eigenvalue weighted by Crippen LogP contribution is -2.26. The van der Waals surface area contributed by atoms with Crippen molar-refractivity contribution in [3.05, 3.63) is 29.3 Å². The molecular formula is C17H26O2. The van der Waals surface area contributed by atoms with Crippen molar-refractivity contribution >= 4 is 0 Å². The van der Waals surface area contributed by atoms with Crippen molar-refractivity contribution in [2.24, 2.45) is 0 Å². The minimum Gasteiger partial charge on any atom is -0.496 e. The van der Waals surface area contributed by atoms with Crippen molar-refractivity contribution in [2.45, 2.75) is 63.9 Å². The van der Waals surface area contributed by atoms with Crippen LogP contribution in [0.4, 0.5) is 0 Å². The number of methoxy groups -OCH3 is 1. The van der Waals surface area contributed by atoms with E-state index < -0.39 is 0 Å². The molecule has 2 heteroatoms. The fourth-order valence-electron chi connectivity index (χ4n) is 3.24. The summed E-state index contributed by atoms with van der Waals surface area (Å²) in [6.07, 6.45) is 6.75. The summed E-state index contributed by atoms with van der Waals surface area (Å²) < 4.78 is 5.55. The SMILES string of the molecule is CCC(O)c1ccc(OC)c(C2(C)CCCCC2)c1.